The fourth-order valence-corrected chi connectivity index (χ4v) is 16.9. The molecule has 0 amide bonds. The summed E-state index contributed by atoms with van der Waals surface area (Å²) in [7, 11) is 2.14. The average molecular weight is 1700 g/mol. The number of aromatic nitrogens is 15. The van der Waals surface area contributed by atoms with Crippen LogP contribution in [0.5, 0.6) is 0 Å². The maximum Gasteiger partial charge on any atom is 0.220 e. The first-order valence-corrected chi connectivity index (χ1v) is 43.1. The predicted octanol–water partition coefficient (Wildman–Crippen LogP) is 18.7. The minimum atomic E-state index is -0.269. The molecule has 0 bridgehead atoms. The number of benzene rings is 5. The van der Waals surface area contributed by atoms with Gasteiger partial charge in [0.25, 0.3) is 0 Å². The van der Waals surface area contributed by atoms with Gasteiger partial charge in [-0.2, -0.15) is 5.10 Å². The first-order valence-electron chi connectivity index (χ1n) is 42.7. The predicted molar refractivity (Wildman–Crippen MR) is 486 cm³/mol. The fourth-order valence-electron chi connectivity index (χ4n) is 16.7. The van der Waals surface area contributed by atoms with Gasteiger partial charge in [-0.05, 0) is 290 Å². The lowest BCUT2D eigenvalue weighted by atomic mass is 9.94. The van der Waals surface area contributed by atoms with Crippen molar-refractivity contribution in [2.45, 2.75) is 75.9 Å². The molecular formula is C98H100ClF4N21O. The molecule has 0 saturated carbocycles. The quantitative estimate of drug-likeness (QED) is 0.0437. The Morgan fingerprint density at radius 1 is 0.448 bits per heavy atom. The Bertz CT molecular complexity index is 5890. The van der Waals surface area contributed by atoms with Gasteiger partial charge in [0, 0.05) is 168 Å². The van der Waals surface area contributed by atoms with Crippen LogP contribution in [-0.4, -0.2) is 176 Å². The van der Waals surface area contributed by atoms with E-state index in [-0.39, 0.29) is 29.2 Å². The van der Waals surface area contributed by atoms with Crippen molar-refractivity contribution in [2.24, 2.45) is 0 Å². The minimum absolute atomic E-state index is 0.214. The van der Waals surface area contributed by atoms with Crippen LogP contribution in [0.15, 0.2) is 263 Å². The van der Waals surface area contributed by atoms with Crippen molar-refractivity contribution in [3.05, 3.63) is 302 Å². The topological polar surface area (TPSA) is 253 Å². The van der Waals surface area contributed by atoms with E-state index in [1.807, 2.05) is 122 Å². The molecule has 4 saturated heterocycles. The van der Waals surface area contributed by atoms with Crippen molar-refractivity contribution in [1.82, 2.24) is 99.5 Å². The third-order valence-electron chi connectivity index (χ3n) is 23.3. The summed E-state index contributed by atoms with van der Waals surface area (Å²) in [5.74, 6) is -0.193. The van der Waals surface area contributed by atoms with E-state index < -0.39 is 0 Å². The fraction of sp³-hybridized carbons (Fsp3) is 0.265. The summed E-state index contributed by atoms with van der Waals surface area (Å²) < 4.78 is 65.3. The summed E-state index contributed by atoms with van der Waals surface area (Å²) in [4.78, 5) is 47.2. The smallest absolute Gasteiger partial charge is 0.220 e. The number of nitrogens with zero attached hydrogens (tertiary/aromatic N) is 15. The van der Waals surface area contributed by atoms with Crippen molar-refractivity contribution in [3.63, 3.8) is 0 Å². The second-order valence-corrected chi connectivity index (χ2v) is 31.9. The molecule has 0 atom stereocenters. The number of nitrogens with two attached hydrogens (primary N) is 1. The van der Waals surface area contributed by atoms with Crippen molar-refractivity contribution in [2.75, 3.05) is 98.0 Å². The van der Waals surface area contributed by atoms with E-state index in [1.165, 1.54) is 59.8 Å². The number of anilines is 1. The van der Waals surface area contributed by atoms with E-state index in [4.69, 9.17) is 22.1 Å². The number of morpholine rings is 1. The summed E-state index contributed by atoms with van der Waals surface area (Å²) >= 11 is 6.05. The van der Waals surface area contributed by atoms with Crippen LogP contribution in [0.1, 0.15) is 80.8 Å². The van der Waals surface area contributed by atoms with Crippen LogP contribution in [0, 0.1) is 23.3 Å². The van der Waals surface area contributed by atoms with Gasteiger partial charge in [0.15, 0.2) is 0 Å². The van der Waals surface area contributed by atoms with Crippen LogP contribution in [0.4, 0.5) is 23.5 Å². The highest BCUT2D eigenvalue weighted by Crippen LogP contribution is 2.42. The van der Waals surface area contributed by atoms with Crippen molar-refractivity contribution < 1.29 is 22.3 Å². The molecule has 15 aromatic rings. The van der Waals surface area contributed by atoms with Crippen LogP contribution >= 0.6 is 11.6 Å². The van der Waals surface area contributed by atoms with Gasteiger partial charge in [0.2, 0.25) is 5.95 Å². The Labute approximate surface area is 729 Å². The highest BCUT2D eigenvalue weighted by molar-refractivity contribution is 6.30. The molecule has 5 aliphatic heterocycles. The van der Waals surface area contributed by atoms with Crippen molar-refractivity contribution >= 4 is 23.1 Å². The Morgan fingerprint density at radius 2 is 0.904 bits per heavy atom. The highest BCUT2D eigenvalue weighted by atomic mass is 35.5. The first-order chi connectivity index (χ1) is 61.4. The number of hydrogen-bond donors (Lipinski definition) is 6. The number of pyridine rings is 4. The maximum absolute atomic E-state index is 13.3. The van der Waals surface area contributed by atoms with Crippen molar-refractivity contribution in [1.29, 1.82) is 0 Å². The van der Waals surface area contributed by atoms with Crippen LogP contribution < -0.4 is 21.7 Å². The number of likely N-dealkylation sites (N-methyl/N-ethyl adjacent to an activating group) is 1. The molecule has 10 aromatic heterocycles. The van der Waals surface area contributed by atoms with E-state index in [1.54, 1.807) is 79.8 Å². The second-order valence-electron chi connectivity index (χ2n) is 31.5. The van der Waals surface area contributed by atoms with Gasteiger partial charge < -0.3 is 50.0 Å². The van der Waals surface area contributed by atoms with E-state index >= 15 is 0 Å². The molecule has 4 fully saturated rings. The minimum Gasteiger partial charge on any atom is -0.379 e. The molecule has 5 aromatic carbocycles. The van der Waals surface area contributed by atoms with Crippen LogP contribution in [0.25, 0.3) is 118 Å². The molecule has 22 nitrogen and oxygen atoms in total. The Morgan fingerprint density at radius 3 is 1.42 bits per heavy atom. The summed E-state index contributed by atoms with van der Waals surface area (Å²) in [6.45, 7) is 13.7. The highest BCUT2D eigenvalue weighted by Gasteiger charge is 2.28. The Hall–Kier alpha value is -12.8. The molecule has 0 radical (unpaired) electrons. The van der Waals surface area contributed by atoms with E-state index in [0.29, 0.717) is 18.0 Å². The van der Waals surface area contributed by atoms with E-state index in [9.17, 15) is 17.6 Å². The van der Waals surface area contributed by atoms with Gasteiger partial charge in [-0.25, -0.2) is 42.5 Å². The van der Waals surface area contributed by atoms with Crippen molar-refractivity contribution in [3.8, 4) is 112 Å². The lowest BCUT2D eigenvalue weighted by molar-refractivity contribution is 0.0369. The third kappa shape index (κ3) is 21.7. The standard InChI is InChI=1S/C21H23FN4O.C20H19ClN4.C20H20FN3.C19H19FN4.C18H19FN6/c22-19-4-2-17(3-5-19)20-21(18-6-8-23-9-7-18)26(16-24-20)11-1-10-25-12-14-27-15-13-25;1-25-12-8-16(9-13-25)20-18(14-6-10-22-11-7-14)19(23-24-20)15-2-4-17(21)5-3-15;21-17-3-1-16(2-4-17)20-18(14-5-9-22-10-6-14)13-19(24-20)15-7-11-23-12-8-15;20-16-3-1-14(2-4-16)18-19(15-5-9-21-10-6-15)24(13-23-18)17-7-11-22-12-8-17;19-13-3-1-12(2-4-13)16-17(15-7-10-22-18(20)24-15)25(11-23-16)14-5-8-21-9-6-14/h2-9,16H,1,10-15H2;2-8,10-11H,9,12-13H2,1H3,(H,23,24);1-6,9-10,13,15,23-24H,7-8,11-12H2;1-6,9-10,13,17,22H,7-8,11-12H2;1-4,7,10-11,14,21H,5-6,8-9H2,(H2,20,22,24). The van der Waals surface area contributed by atoms with Gasteiger partial charge in [0.1, 0.15) is 29.0 Å². The number of nitrogens with one attached hydrogen (secondary N) is 5. The number of H-pyrrole nitrogens is 2. The van der Waals surface area contributed by atoms with Gasteiger partial charge in [-0.1, -0.05) is 29.8 Å². The summed E-state index contributed by atoms with van der Waals surface area (Å²) in [6.07, 6.45) is 32.5. The third-order valence-corrected chi connectivity index (χ3v) is 23.6. The van der Waals surface area contributed by atoms with Gasteiger partial charge >= 0.3 is 0 Å². The SMILES string of the molecule is CN1CC=C(c2[nH]nc(-c3ccc(Cl)cc3)c2-c2ccncc2)CC1.Fc1ccc(-c2[nH]c(C3CCNCC3)cc2-c2ccncc2)cc1.Fc1ccc(-c2ncn(C3CCNCC3)c2-c2ccncc2)cc1.Fc1ccc(-c2ncn(CCCN3CCOCC3)c2-c2ccncc2)cc1.Nc1nccc(-c2c(-c3ccc(F)cc3)ncn2C2CCNCC2)n1. The number of hydrogen-bond acceptors (Lipinski definition) is 17. The molecule has 0 spiro atoms. The molecule has 0 unspecified atom stereocenters. The second kappa shape index (κ2) is 42.1. The van der Waals surface area contributed by atoms with Crippen LogP contribution in [0.3, 0.4) is 0 Å². The van der Waals surface area contributed by atoms with Gasteiger partial charge in [-0.3, -0.25) is 29.9 Å². The molecule has 0 aliphatic carbocycles. The zero-order valence-electron chi connectivity index (χ0n) is 69.7. The maximum atomic E-state index is 13.3. The van der Waals surface area contributed by atoms with E-state index in [0.717, 1.165) is 266 Å². The Balaban J connectivity index is 0.000000115. The summed E-state index contributed by atoms with van der Waals surface area (Å²) in [5.41, 5.74) is 29.1. The number of imidazole rings is 3. The molecule has 638 valence electrons. The molecule has 7 N–H and O–H groups in total. The molecular weight excluding hydrogens is 1600 g/mol. The Kier molecular flexibility index (Phi) is 28.9. The van der Waals surface area contributed by atoms with Gasteiger partial charge in [-0.15, -0.1) is 0 Å². The zero-order valence-corrected chi connectivity index (χ0v) is 70.5. The number of rotatable bonds is 18. The van der Waals surface area contributed by atoms with Crippen LogP contribution in [-0.2, 0) is 11.3 Å². The summed E-state index contributed by atoms with van der Waals surface area (Å²) in [5, 5.41) is 18.8. The first kappa shape index (κ1) is 85.8. The van der Waals surface area contributed by atoms with Gasteiger partial charge in [0.05, 0.1) is 83.4 Å². The number of nitrogen functional groups attached to an aromatic ring is 1. The molecule has 15 heterocycles. The lowest BCUT2D eigenvalue weighted by Gasteiger charge is -2.26. The normalized spacial score (nSPS) is 15.4. The molecule has 27 heteroatoms. The number of ether oxygens (including phenoxy) is 1. The van der Waals surface area contributed by atoms with E-state index in [2.05, 4.69) is 119 Å². The lowest BCUT2D eigenvalue weighted by Crippen LogP contribution is -2.37. The summed E-state index contributed by atoms with van der Waals surface area (Å²) in [6, 6.07) is 54.8. The molecule has 5 aliphatic rings. The number of aromatic amines is 2. The van der Waals surface area contributed by atoms with Crippen LogP contribution in [0.2, 0.25) is 5.02 Å². The number of piperidine rings is 3. The monoisotopic (exact) mass is 1700 g/mol. The molecule has 20 rings (SSSR count). The number of halogens is 5. The number of aryl methyl sites for hydroxylation is 1. The largest absolute Gasteiger partial charge is 0.379 e. The zero-order chi connectivity index (χ0) is 85.6. The molecule has 125 heavy (non-hydrogen) atoms. The average Bonchev–Trinajstić information content (AvgIpc) is 1.67.